The van der Waals surface area contributed by atoms with Crippen molar-refractivity contribution in [1.82, 2.24) is 5.32 Å². The standard InChI is InChI=1S/C13H20FNO2/c1-10(2)7-15-8-11-5-4-6-12(14)13(11)17-9-16-3/h4-6,10,15H,7-9H2,1-3H3. The van der Waals surface area contributed by atoms with Gasteiger partial charge in [-0.1, -0.05) is 26.0 Å². The fourth-order valence-corrected chi connectivity index (χ4v) is 1.47. The number of hydrogen-bond acceptors (Lipinski definition) is 3. The fourth-order valence-electron chi connectivity index (χ4n) is 1.47. The maximum atomic E-state index is 13.6. The molecule has 0 amide bonds. The zero-order valence-corrected chi connectivity index (χ0v) is 10.6. The number of para-hydroxylation sites is 1. The van der Waals surface area contributed by atoms with Gasteiger partial charge in [0.1, 0.15) is 0 Å². The molecule has 1 N–H and O–H groups in total. The number of halogens is 1. The highest BCUT2D eigenvalue weighted by molar-refractivity contribution is 5.34. The number of benzene rings is 1. The van der Waals surface area contributed by atoms with Crippen LogP contribution in [0, 0.1) is 11.7 Å². The lowest BCUT2D eigenvalue weighted by molar-refractivity contribution is 0.0474. The van der Waals surface area contributed by atoms with Gasteiger partial charge in [0, 0.05) is 19.2 Å². The first kappa shape index (κ1) is 13.9. The zero-order chi connectivity index (χ0) is 12.7. The molecule has 1 aromatic rings. The predicted octanol–water partition coefficient (Wildman–Crippen LogP) is 2.55. The summed E-state index contributed by atoms with van der Waals surface area (Å²) in [5.41, 5.74) is 0.808. The molecule has 17 heavy (non-hydrogen) atoms. The van der Waals surface area contributed by atoms with Crippen LogP contribution in [0.4, 0.5) is 4.39 Å². The summed E-state index contributed by atoms with van der Waals surface area (Å²) < 4.78 is 23.6. The minimum atomic E-state index is -0.356. The minimum absolute atomic E-state index is 0.0537. The molecule has 0 fully saturated rings. The molecule has 0 aromatic heterocycles. The van der Waals surface area contributed by atoms with Crippen molar-refractivity contribution in [3.63, 3.8) is 0 Å². The lowest BCUT2D eigenvalue weighted by atomic mass is 10.1. The molecule has 96 valence electrons. The van der Waals surface area contributed by atoms with Crippen LogP contribution in [0.5, 0.6) is 5.75 Å². The molecule has 0 atom stereocenters. The van der Waals surface area contributed by atoms with Crippen LogP contribution in [0.2, 0.25) is 0 Å². The van der Waals surface area contributed by atoms with Gasteiger partial charge in [0.2, 0.25) is 0 Å². The molecular formula is C13H20FNO2. The van der Waals surface area contributed by atoms with Crippen molar-refractivity contribution in [1.29, 1.82) is 0 Å². The number of methoxy groups -OCH3 is 1. The summed E-state index contributed by atoms with van der Waals surface area (Å²) in [6.45, 7) is 5.79. The van der Waals surface area contributed by atoms with E-state index in [0.29, 0.717) is 12.5 Å². The summed E-state index contributed by atoms with van der Waals surface area (Å²) in [6.07, 6.45) is 0. The van der Waals surface area contributed by atoms with Crippen molar-refractivity contribution in [2.24, 2.45) is 5.92 Å². The molecule has 0 heterocycles. The van der Waals surface area contributed by atoms with E-state index in [1.165, 1.54) is 13.2 Å². The summed E-state index contributed by atoms with van der Waals surface area (Å²) >= 11 is 0. The topological polar surface area (TPSA) is 30.5 Å². The Morgan fingerprint density at radius 3 is 2.76 bits per heavy atom. The fraction of sp³-hybridized carbons (Fsp3) is 0.538. The second kappa shape index (κ2) is 7.25. The third kappa shape index (κ3) is 4.71. The third-order valence-electron chi connectivity index (χ3n) is 2.24. The van der Waals surface area contributed by atoms with Gasteiger partial charge >= 0.3 is 0 Å². The Morgan fingerprint density at radius 2 is 2.12 bits per heavy atom. The van der Waals surface area contributed by atoms with Gasteiger partial charge in [0.15, 0.2) is 18.4 Å². The Hall–Kier alpha value is -1.13. The summed E-state index contributed by atoms with van der Waals surface area (Å²) in [5.74, 6) is 0.475. The largest absolute Gasteiger partial charge is 0.464 e. The Balaban J connectivity index is 2.65. The van der Waals surface area contributed by atoms with Crippen molar-refractivity contribution < 1.29 is 13.9 Å². The Kier molecular flexibility index (Phi) is 5.94. The first-order valence-corrected chi connectivity index (χ1v) is 5.75. The lowest BCUT2D eigenvalue weighted by Crippen LogP contribution is -2.19. The molecule has 1 aromatic carbocycles. The molecule has 0 saturated heterocycles. The van der Waals surface area contributed by atoms with Gasteiger partial charge in [-0.3, -0.25) is 0 Å². The molecule has 0 aliphatic carbocycles. The average Bonchev–Trinajstić information content (AvgIpc) is 2.28. The molecule has 0 radical (unpaired) electrons. The molecule has 0 aliphatic rings. The summed E-state index contributed by atoms with van der Waals surface area (Å²) in [5, 5.41) is 3.26. The SMILES string of the molecule is COCOc1c(F)cccc1CNCC(C)C. The molecular weight excluding hydrogens is 221 g/mol. The molecule has 4 heteroatoms. The third-order valence-corrected chi connectivity index (χ3v) is 2.24. The van der Waals surface area contributed by atoms with E-state index in [4.69, 9.17) is 9.47 Å². The highest BCUT2D eigenvalue weighted by Crippen LogP contribution is 2.22. The van der Waals surface area contributed by atoms with Crippen molar-refractivity contribution in [3.8, 4) is 5.75 Å². The van der Waals surface area contributed by atoms with Gasteiger partial charge in [0.05, 0.1) is 0 Å². The van der Waals surface area contributed by atoms with E-state index in [-0.39, 0.29) is 18.4 Å². The quantitative estimate of drug-likeness (QED) is 0.744. The second-order valence-corrected chi connectivity index (χ2v) is 4.30. The predicted molar refractivity (Wildman–Crippen MR) is 65.4 cm³/mol. The molecule has 3 nitrogen and oxygen atoms in total. The molecule has 0 saturated carbocycles. The maximum Gasteiger partial charge on any atom is 0.188 e. The first-order valence-electron chi connectivity index (χ1n) is 5.75. The van der Waals surface area contributed by atoms with Crippen LogP contribution in [-0.4, -0.2) is 20.4 Å². The van der Waals surface area contributed by atoms with Crippen LogP contribution in [0.1, 0.15) is 19.4 Å². The van der Waals surface area contributed by atoms with Crippen LogP contribution in [0.25, 0.3) is 0 Å². The highest BCUT2D eigenvalue weighted by Gasteiger charge is 2.09. The monoisotopic (exact) mass is 241 g/mol. The number of ether oxygens (including phenoxy) is 2. The zero-order valence-electron chi connectivity index (χ0n) is 10.6. The molecule has 0 unspecified atom stereocenters. The van der Waals surface area contributed by atoms with Crippen molar-refractivity contribution in [2.75, 3.05) is 20.4 Å². The van der Waals surface area contributed by atoms with E-state index in [1.54, 1.807) is 6.07 Å². The maximum absolute atomic E-state index is 13.6. The van der Waals surface area contributed by atoms with E-state index in [2.05, 4.69) is 19.2 Å². The minimum Gasteiger partial charge on any atom is -0.464 e. The summed E-state index contributed by atoms with van der Waals surface area (Å²) in [7, 11) is 1.51. The van der Waals surface area contributed by atoms with Gasteiger partial charge in [-0.2, -0.15) is 0 Å². The van der Waals surface area contributed by atoms with Gasteiger partial charge in [-0.25, -0.2) is 4.39 Å². The normalized spacial score (nSPS) is 10.9. The van der Waals surface area contributed by atoms with E-state index in [1.807, 2.05) is 6.07 Å². The molecule has 0 bridgehead atoms. The first-order chi connectivity index (χ1) is 8.15. The number of hydrogen-bond donors (Lipinski definition) is 1. The van der Waals surface area contributed by atoms with E-state index >= 15 is 0 Å². The average molecular weight is 241 g/mol. The summed E-state index contributed by atoms with van der Waals surface area (Å²) in [6, 6.07) is 4.92. The molecule has 0 aliphatic heterocycles. The Morgan fingerprint density at radius 1 is 1.35 bits per heavy atom. The van der Waals surface area contributed by atoms with Crippen LogP contribution >= 0.6 is 0 Å². The van der Waals surface area contributed by atoms with Crippen molar-refractivity contribution >= 4 is 0 Å². The van der Waals surface area contributed by atoms with Crippen molar-refractivity contribution in [3.05, 3.63) is 29.6 Å². The Bertz CT molecular complexity index is 342. The van der Waals surface area contributed by atoms with Gasteiger partial charge < -0.3 is 14.8 Å². The van der Waals surface area contributed by atoms with Gasteiger partial charge in [0.25, 0.3) is 0 Å². The smallest absolute Gasteiger partial charge is 0.188 e. The van der Waals surface area contributed by atoms with E-state index in [9.17, 15) is 4.39 Å². The number of rotatable bonds is 7. The Labute approximate surface area is 102 Å². The van der Waals surface area contributed by atoms with Crippen LogP contribution < -0.4 is 10.1 Å². The van der Waals surface area contributed by atoms with Crippen LogP contribution in [-0.2, 0) is 11.3 Å². The van der Waals surface area contributed by atoms with Crippen molar-refractivity contribution in [2.45, 2.75) is 20.4 Å². The van der Waals surface area contributed by atoms with E-state index < -0.39 is 0 Å². The molecule has 0 spiro atoms. The second-order valence-electron chi connectivity index (χ2n) is 4.30. The van der Waals surface area contributed by atoms with E-state index in [0.717, 1.165) is 12.1 Å². The van der Waals surface area contributed by atoms with Gasteiger partial charge in [-0.05, 0) is 18.5 Å². The highest BCUT2D eigenvalue weighted by atomic mass is 19.1. The summed E-state index contributed by atoms with van der Waals surface area (Å²) in [4.78, 5) is 0. The van der Waals surface area contributed by atoms with Gasteiger partial charge in [-0.15, -0.1) is 0 Å². The number of nitrogens with one attached hydrogen (secondary N) is 1. The molecule has 1 rings (SSSR count). The van der Waals surface area contributed by atoms with Crippen LogP contribution in [0.15, 0.2) is 18.2 Å². The van der Waals surface area contributed by atoms with Crippen LogP contribution in [0.3, 0.4) is 0 Å². The lowest BCUT2D eigenvalue weighted by Gasteiger charge is -2.13.